The summed E-state index contributed by atoms with van der Waals surface area (Å²) in [5.74, 6) is 0.334. The van der Waals surface area contributed by atoms with Crippen molar-refractivity contribution in [3.8, 4) is 0 Å². The Balaban J connectivity index is 1.72. The van der Waals surface area contributed by atoms with Crippen molar-refractivity contribution in [2.24, 2.45) is 10.7 Å². The molecule has 2 heterocycles. The van der Waals surface area contributed by atoms with E-state index in [0.29, 0.717) is 17.4 Å². The molecule has 0 aliphatic carbocycles. The van der Waals surface area contributed by atoms with E-state index >= 15 is 0 Å². The number of aliphatic imine (C=N–C) groups is 1. The summed E-state index contributed by atoms with van der Waals surface area (Å²) < 4.78 is 38.8. The number of likely N-dealkylation sites (N-methyl/N-ethyl adjacent to an activating group) is 1. The van der Waals surface area contributed by atoms with E-state index < -0.39 is 11.7 Å². The van der Waals surface area contributed by atoms with E-state index in [1.54, 1.807) is 18.3 Å². The predicted molar refractivity (Wildman–Crippen MR) is 119 cm³/mol. The van der Waals surface area contributed by atoms with E-state index in [-0.39, 0.29) is 6.04 Å². The third-order valence-corrected chi connectivity index (χ3v) is 6.28. The van der Waals surface area contributed by atoms with E-state index in [1.165, 1.54) is 5.57 Å². The lowest BCUT2D eigenvalue weighted by Crippen LogP contribution is -2.49. The highest BCUT2D eigenvalue weighted by atomic mass is 35.5. The van der Waals surface area contributed by atoms with Gasteiger partial charge in [0.25, 0.3) is 0 Å². The van der Waals surface area contributed by atoms with Gasteiger partial charge in [-0.2, -0.15) is 13.2 Å². The largest absolute Gasteiger partial charge is 0.416 e. The quantitative estimate of drug-likeness (QED) is 0.678. The van der Waals surface area contributed by atoms with Crippen molar-refractivity contribution < 1.29 is 13.2 Å². The first kappa shape index (κ1) is 23.6. The maximum absolute atomic E-state index is 12.9. The van der Waals surface area contributed by atoms with Gasteiger partial charge in [-0.1, -0.05) is 30.7 Å². The van der Waals surface area contributed by atoms with Crippen LogP contribution in [0.4, 0.5) is 13.2 Å². The molecule has 1 saturated heterocycles. The predicted octanol–water partition coefficient (Wildman–Crippen LogP) is 4.09. The number of hydrogen-bond acceptors (Lipinski definition) is 5. The zero-order chi connectivity index (χ0) is 22.6. The fourth-order valence-electron chi connectivity index (χ4n) is 4.02. The van der Waals surface area contributed by atoms with E-state index in [0.717, 1.165) is 62.4 Å². The van der Waals surface area contributed by atoms with Crippen LogP contribution in [0.2, 0.25) is 0 Å². The Morgan fingerprint density at radius 1 is 1.16 bits per heavy atom. The molecule has 0 bridgehead atoms. The molecule has 0 spiro atoms. The normalized spacial score (nSPS) is 19.7. The molecule has 170 valence electrons. The standard InChI is InChI=1S/C22H29ClF3N5/c1-3-15-12-18(20(23)21(27)29-13-15)30-8-10-31(11-9-30)19(14-28-2)16-4-6-17(7-5-16)22(24,25)26/h4-7,13,19,28H,3,8-12,14H2,1-2H3,(H2,27,29). The second kappa shape index (κ2) is 10.1. The summed E-state index contributed by atoms with van der Waals surface area (Å²) in [4.78, 5) is 8.80. The van der Waals surface area contributed by atoms with E-state index in [9.17, 15) is 13.2 Å². The first-order chi connectivity index (χ1) is 14.7. The number of allylic oxidation sites excluding steroid dienone is 1. The number of nitrogens with two attached hydrogens (primary N) is 1. The average molecular weight is 456 g/mol. The lowest BCUT2D eigenvalue weighted by Gasteiger charge is -2.41. The zero-order valence-corrected chi connectivity index (χ0v) is 18.6. The molecule has 9 heteroatoms. The summed E-state index contributed by atoms with van der Waals surface area (Å²) in [7, 11) is 1.85. The number of benzene rings is 1. The van der Waals surface area contributed by atoms with Crippen molar-refractivity contribution in [2.45, 2.75) is 32.0 Å². The Morgan fingerprint density at radius 3 is 2.35 bits per heavy atom. The Kier molecular flexibility index (Phi) is 7.67. The van der Waals surface area contributed by atoms with Crippen LogP contribution in [0.1, 0.15) is 36.9 Å². The highest BCUT2D eigenvalue weighted by molar-refractivity contribution is 6.43. The van der Waals surface area contributed by atoms with Crippen LogP contribution in [0, 0.1) is 0 Å². The highest BCUT2D eigenvalue weighted by Crippen LogP contribution is 2.32. The van der Waals surface area contributed by atoms with Crippen LogP contribution in [0.25, 0.3) is 0 Å². The van der Waals surface area contributed by atoms with Gasteiger partial charge in [0.15, 0.2) is 0 Å². The molecular formula is C22H29ClF3N5. The Bertz CT molecular complexity index is 853. The Labute approximate surface area is 186 Å². The molecule has 31 heavy (non-hydrogen) atoms. The van der Waals surface area contributed by atoms with Crippen LogP contribution in [0.15, 0.2) is 51.8 Å². The summed E-state index contributed by atoms with van der Waals surface area (Å²) >= 11 is 6.52. The smallest absolute Gasteiger partial charge is 0.382 e. The third kappa shape index (κ3) is 5.61. The summed E-state index contributed by atoms with van der Waals surface area (Å²) in [6.45, 7) is 5.79. The van der Waals surface area contributed by atoms with Gasteiger partial charge in [0.1, 0.15) is 10.9 Å². The maximum Gasteiger partial charge on any atom is 0.416 e. The third-order valence-electron chi connectivity index (χ3n) is 5.87. The first-order valence-electron chi connectivity index (χ1n) is 10.5. The fraction of sp³-hybridized carbons (Fsp3) is 0.500. The minimum atomic E-state index is -4.33. The molecule has 3 N–H and O–H groups in total. The molecule has 2 aliphatic heterocycles. The maximum atomic E-state index is 12.9. The Morgan fingerprint density at radius 2 is 1.81 bits per heavy atom. The summed E-state index contributed by atoms with van der Waals surface area (Å²) in [6, 6.07) is 5.47. The molecule has 1 aromatic carbocycles. The minimum Gasteiger partial charge on any atom is -0.382 e. The number of halogens is 4. The number of nitrogens with zero attached hydrogens (tertiary/aromatic N) is 3. The van der Waals surface area contributed by atoms with Gasteiger partial charge in [0.2, 0.25) is 0 Å². The van der Waals surface area contributed by atoms with Gasteiger partial charge in [-0.15, -0.1) is 0 Å². The molecule has 0 aromatic heterocycles. The number of piperazine rings is 1. The van der Waals surface area contributed by atoms with Crippen LogP contribution in [-0.4, -0.2) is 55.4 Å². The lowest BCUT2D eigenvalue weighted by molar-refractivity contribution is -0.137. The highest BCUT2D eigenvalue weighted by Gasteiger charge is 2.31. The molecule has 0 amide bonds. The lowest BCUT2D eigenvalue weighted by atomic mass is 10.0. The second-order valence-electron chi connectivity index (χ2n) is 7.81. The van der Waals surface area contributed by atoms with Gasteiger partial charge in [0.05, 0.1) is 5.56 Å². The van der Waals surface area contributed by atoms with E-state index in [2.05, 4.69) is 27.0 Å². The molecule has 1 aromatic rings. The molecule has 2 aliphatic rings. The van der Waals surface area contributed by atoms with Crippen LogP contribution < -0.4 is 11.1 Å². The van der Waals surface area contributed by atoms with Gasteiger partial charge in [-0.25, -0.2) is 4.99 Å². The van der Waals surface area contributed by atoms with E-state index in [4.69, 9.17) is 17.3 Å². The fourth-order valence-corrected chi connectivity index (χ4v) is 4.25. The van der Waals surface area contributed by atoms with Crippen molar-refractivity contribution >= 4 is 17.4 Å². The van der Waals surface area contributed by atoms with Gasteiger partial charge in [0, 0.05) is 57.1 Å². The number of alkyl halides is 3. The second-order valence-corrected chi connectivity index (χ2v) is 8.19. The monoisotopic (exact) mass is 455 g/mol. The topological polar surface area (TPSA) is 56.9 Å². The number of nitrogens with one attached hydrogen (secondary N) is 1. The van der Waals surface area contributed by atoms with Crippen LogP contribution >= 0.6 is 11.6 Å². The molecule has 3 rings (SSSR count). The molecule has 0 radical (unpaired) electrons. The molecule has 1 atom stereocenters. The van der Waals surface area contributed by atoms with Crippen LogP contribution in [0.5, 0.6) is 0 Å². The average Bonchev–Trinajstić information content (AvgIpc) is 2.90. The summed E-state index contributed by atoms with van der Waals surface area (Å²) in [6.07, 6.45) is -0.930. The van der Waals surface area contributed by atoms with Crippen molar-refractivity contribution in [1.29, 1.82) is 0 Å². The number of hydrogen-bond donors (Lipinski definition) is 2. The molecular weight excluding hydrogens is 427 g/mol. The number of rotatable bonds is 6. The number of amidine groups is 1. The van der Waals surface area contributed by atoms with E-state index in [1.807, 2.05) is 7.05 Å². The summed E-state index contributed by atoms with van der Waals surface area (Å²) in [5, 5.41) is 3.67. The van der Waals surface area contributed by atoms with Crippen molar-refractivity contribution in [3.05, 3.63) is 57.9 Å². The van der Waals surface area contributed by atoms with Gasteiger partial charge >= 0.3 is 6.18 Å². The van der Waals surface area contributed by atoms with Crippen molar-refractivity contribution in [2.75, 3.05) is 39.8 Å². The van der Waals surface area contributed by atoms with Crippen molar-refractivity contribution in [1.82, 2.24) is 15.1 Å². The summed E-state index contributed by atoms with van der Waals surface area (Å²) in [5.41, 5.74) is 8.43. The Hall–Kier alpha value is -2.03. The van der Waals surface area contributed by atoms with Gasteiger partial charge < -0.3 is 16.0 Å². The SMILES string of the molecule is CCC1=CN=C(N)C(Cl)=C(N2CCN(C(CNC)c3ccc(C(F)(F)F)cc3)CC2)C1. The van der Waals surface area contributed by atoms with Crippen LogP contribution in [-0.2, 0) is 6.18 Å². The minimum absolute atomic E-state index is 0.00857. The van der Waals surface area contributed by atoms with Crippen molar-refractivity contribution in [3.63, 3.8) is 0 Å². The molecule has 1 fully saturated rings. The molecule has 0 saturated carbocycles. The zero-order valence-electron chi connectivity index (χ0n) is 17.8. The van der Waals surface area contributed by atoms with Crippen LogP contribution in [0.3, 0.4) is 0 Å². The molecule has 1 unspecified atom stereocenters. The first-order valence-corrected chi connectivity index (χ1v) is 10.8. The van der Waals surface area contributed by atoms with Gasteiger partial charge in [-0.3, -0.25) is 4.90 Å². The van der Waals surface area contributed by atoms with Gasteiger partial charge in [-0.05, 0) is 36.7 Å². The molecule has 5 nitrogen and oxygen atoms in total.